The summed E-state index contributed by atoms with van der Waals surface area (Å²) in [5.74, 6) is 0.890. The molecule has 1 aliphatic heterocycles. The summed E-state index contributed by atoms with van der Waals surface area (Å²) in [5, 5.41) is 12.4. The molecule has 2 aromatic carbocycles. The fourth-order valence-electron chi connectivity index (χ4n) is 4.25. The predicted molar refractivity (Wildman–Crippen MR) is 127 cm³/mol. The number of nitrogens with zero attached hydrogens (tertiary/aromatic N) is 2. The molecule has 31 heavy (non-hydrogen) atoms. The smallest absolute Gasteiger partial charge is 0.125 e. The highest BCUT2D eigenvalue weighted by atomic mass is 32.1. The molecule has 2 heterocycles. The molecule has 0 unspecified atom stereocenters. The molecule has 164 valence electrons. The molecule has 0 spiro atoms. The highest BCUT2D eigenvalue weighted by Gasteiger charge is 2.35. The van der Waals surface area contributed by atoms with E-state index in [-0.39, 0.29) is 0 Å². The van der Waals surface area contributed by atoms with Crippen molar-refractivity contribution in [2.75, 3.05) is 19.7 Å². The first kappa shape index (κ1) is 22.0. The lowest BCUT2D eigenvalue weighted by Gasteiger charge is -2.25. The topological polar surface area (TPSA) is 45.6 Å². The first-order valence-electron chi connectivity index (χ1n) is 11.2. The quantitative estimate of drug-likeness (QED) is 0.549. The normalized spacial score (nSPS) is 19.8. The van der Waals surface area contributed by atoms with E-state index in [9.17, 15) is 5.11 Å². The van der Waals surface area contributed by atoms with E-state index in [1.54, 1.807) is 11.3 Å². The van der Waals surface area contributed by atoms with E-state index >= 15 is 0 Å². The standard InChI is InChI=1S/C26H32N2O2S/c1-20-8-6-9-22(18-20)19-28-15-7-13-26(29,14-16-28)25-27-21(2)24(31-25)12-17-30-23-10-4-3-5-11-23/h3-6,8-11,18,29H,7,12-17,19H2,1-2H3/t26-/m1/s1. The minimum Gasteiger partial charge on any atom is -0.493 e. The zero-order chi connectivity index (χ0) is 21.7. The zero-order valence-corrected chi connectivity index (χ0v) is 19.3. The summed E-state index contributed by atoms with van der Waals surface area (Å²) in [7, 11) is 0. The van der Waals surface area contributed by atoms with Crippen LogP contribution in [-0.4, -0.2) is 34.7 Å². The van der Waals surface area contributed by atoms with Crippen LogP contribution in [-0.2, 0) is 18.6 Å². The maximum Gasteiger partial charge on any atom is 0.125 e. The van der Waals surface area contributed by atoms with Crippen LogP contribution in [0.5, 0.6) is 5.75 Å². The number of hydrogen-bond acceptors (Lipinski definition) is 5. The van der Waals surface area contributed by atoms with Crippen molar-refractivity contribution in [1.82, 2.24) is 9.88 Å². The van der Waals surface area contributed by atoms with Crippen molar-refractivity contribution >= 4 is 11.3 Å². The first-order valence-corrected chi connectivity index (χ1v) is 12.0. The Balaban J connectivity index is 1.36. The van der Waals surface area contributed by atoms with E-state index in [4.69, 9.17) is 9.72 Å². The van der Waals surface area contributed by atoms with Crippen LogP contribution in [0, 0.1) is 13.8 Å². The summed E-state index contributed by atoms with van der Waals surface area (Å²) in [6, 6.07) is 18.6. The number of aliphatic hydroxyl groups is 1. The molecule has 0 aliphatic carbocycles. The van der Waals surface area contributed by atoms with Crippen LogP contribution in [0.15, 0.2) is 54.6 Å². The van der Waals surface area contributed by atoms with Crippen molar-refractivity contribution in [3.05, 3.63) is 81.3 Å². The van der Waals surface area contributed by atoms with Gasteiger partial charge < -0.3 is 9.84 Å². The number of rotatable bonds is 7. The minimum atomic E-state index is -0.824. The van der Waals surface area contributed by atoms with Crippen molar-refractivity contribution in [2.24, 2.45) is 0 Å². The molecule has 1 fully saturated rings. The minimum absolute atomic E-state index is 0.620. The van der Waals surface area contributed by atoms with E-state index in [1.807, 2.05) is 37.3 Å². The lowest BCUT2D eigenvalue weighted by molar-refractivity contribution is 0.0207. The second-order valence-electron chi connectivity index (χ2n) is 8.59. The summed E-state index contributed by atoms with van der Waals surface area (Å²) in [6.07, 6.45) is 3.29. The Kier molecular flexibility index (Phi) is 7.06. The Labute approximate surface area is 189 Å². The van der Waals surface area contributed by atoms with Gasteiger partial charge in [0.2, 0.25) is 0 Å². The number of aromatic nitrogens is 1. The zero-order valence-electron chi connectivity index (χ0n) is 18.5. The fourth-order valence-corrected chi connectivity index (χ4v) is 5.44. The van der Waals surface area contributed by atoms with Gasteiger partial charge in [0.05, 0.1) is 12.3 Å². The highest BCUT2D eigenvalue weighted by Crippen LogP contribution is 2.37. The molecular weight excluding hydrogens is 404 g/mol. The number of aryl methyl sites for hydroxylation is 2. The Bertz CT molecular complexity index is 988. The summed E-state index contributed by atoms with van der Waals surface area (Å²) in [6.45, 7) is 7.64. The van der Waals surface area contributed by atoms with Gasteiger partial charge in [-0.15, -0.1) is 11.3 Å². The molecular formula is C26H32N2O2S. The summed E-state index contributed by atoms with van der Waals surface area (Å²) in [4.78, 5) is 8.46. The van der Waals surface area contributed by atoms with Crippen LogP contribution >= 0.6 is 11.3 Å². The van der Waals surface area contributed by atoms with Crippen molar-refractivity contribution in [1.29, 1.82) is 0 Å². The van der Waals surface area contributed by atoms with Crippen LogP contribution in [0.4, 0.5) is 0 Å². The van der Waals surface area contributed by atoms with Crippen molar-refractivity contribution in [3.63, 3.8) is 0 Å². The summed E-state index contributed by atoms with van der Waals surface area (Å²) < 4.78 is 5.85. The van der Waals surface area contributed by atoms with Crippen LogP contribution in [0.1, 0.15) is 46.0 Å². The van der Waals surface area contributed by atoms with Crippen LogP contribution in [0.25, 0.3) is 0 Å². The molecule has 1 atom stereocenters. The number of hydrogen-bond donors (Lipinski definition) is 1. The monoisotopic (exact) mass is 436 g/mol. The van der Waals surface area contributed by atoms with Gasteiger partial charge in [-0.1, -0.05) is 48.0 Å². The number of ether oxygens (including phenoxy) is 1. The molecule has 0 amide bonds. The molecule has 3 aromatic rings. The lowest BCUT2D eigenvalue weighted by Crippen LogP contribution is -2.29. The van der Waals surface area contributed by atoms with Gasteiger partial charge in [-0.25, -0.2) is 4.98 Å². The highest BCUT2D eigenvalue weighted by molar-refractivity contribution is 7.11. The van der Waals surface area contributed by atoms with Gasteiger partial charge in [-0.05, 0) is 57.4 Å². The molecule has 1 aromatic heterocycles. The predicted octanol–water partition coefficient (Wildman–Crippen LogP) is 5.26. The molecule has 1 saturated heterocycles. The van der Waals surface area contributed by atoms with E-state index < -0.39 is 5.60 Å². The van der Waals surface area contributed by atoms with E-state index in [2.05, 4.69) is 36.1 Å². The van der Waals surface area contributed by atoms with Crippen molar-refractivity contribution in [3.8, 4) is 5.75 Å². The van der Waals surface area contributed by atoms with E-state index in [0.29, 0.717) is 6.61 Å². The molecule has 0 saturated carbocycles. The van der Waals surface area contributed by atoms with Crippen LogP contribution in [0.2, 0.25) is 0 Å². The molecule has 1 aliphatic rings. The lowest BCUT2D eigenvalue weighted by atomic mass is 9.96. The maximum atomic E-state index is 11.5. The molecule has 5 heteroatoms. The van der Waals surface area contributed by atoms with Crippen LogP contribution in [0.3, 0.4) is 0 Å². The Morgan fingerprint density at radius 3 is 2.71 bits per heavy atom. The van der Waals surface area contributed by atoms with Crippen molar-refractivity contribution in [2.45, 2.75) is 51.7 Å². The molecule has 4 rings (SSSR count). The molecule has 0 bridgehead atoms. The SMILES string of the molecule is Cc1cccc(CN2CCC[C@](O)(c3nc(C)c(CCOc4ccccc4)s3)CC2)c1. The third-order valence-corrected chi connectivity index (χ3v) is 7.44. The van der Waals surface area contributed by atoms with Gasteiger partial charge in [0.1, 0.15) is 16.4 Å². The number of benzene rings is 2. The van der Waals surface area contributed by atoms with Gasteiger partial charge in [-0.2, -0.15) is 0 Å². The van der Waals surface area contributed by atoms with Crippen LogP contribution < -0.4 is 4.74 Å². The Morgan fingerprint density at radius 2 is 1.90 bits per heavy atom. The third-order valence-electron chi connectivity index (χ3n) is 6.03. The average Bonchev–Trinajstić information content (AvgIpc) is 3.03. The average molecular weight is 437 g/mol. The van der Waals surface area contributed by atoms with E-state index in [1.165, 1.54) is 16.0 Å². The van der Waals surface area contributed by atoms with Gasteiger partial charge in [0.15, 0.2) is 0 Å². The third kappa shape index (κ3) is 5.73. The van der Waals surface area contributed by atoms with Gasteiger partial charge >= 0.3 is 0 Å². The second-order valence-corrected chi connectivity index (χ2v) is 9.67. The van der Waals surface area contributed by atoms with Gasteiger partial charge in [0.25, 0.3) is 0 Å². The molecule has 1 N–H and O–H groups in total. The Morgan fingerprint density at radius 1 is 1.06 bits per heavy atom. The van der Waals surface area contributed by atoms with Gasteiger partial charge in [-0.3, -0.25) is 4.90 Å². The summed E-state index contributed by atoms with van der Waals surface area (Å²) >= 11 is 1.66. The van der Waals surface area contributed by atoms with E-state index in [0.717, 1.165) is 61.8 Å². The Hall–Kier alpha value is -2.21. The first-order chi connectivity index (χ1) is 15.0. The molecule has 4 nitrogen and oxygen atoms in total. The largest absolute Gasteiger partial charge is 0.493 e. The van der Waals surface area contributed by atoms with Gasteiger partial charge in [0, 0.05) is 24.4 Å². The maximum absolute atomic E-state index is 11.5. The molecule has 0 radical (unpaired) electrons. The fraction of sp³-hybridized carbons (Fsp3) is 0.423. The number of para-hydroxylation sites is 1. The number of thiazole rings is 1. The number of likely N-dealkylation sites (tertiary alicyclic amines) is 1. The van der Waals surface area contributed by atoms with Crippen molar-refractivity contribution < 1.29 is 9.84 Å². The summed E-state index contributed by atoms with van der Waals surface area (Å²) in [5.41, 5.74) is 2.84. The second kappa shape index (κ2) is 9.94.